The number of fused-ring (bicyclic) bond motifs is 15. The van der Waals surface area contributed by atoms with Crippen LogP contribution >= 0.6 is 0 Å². The van der Waals surface area contributed by atoms with Crippen LogP contribution in [0.15, 0.2) is 259 Å². The first-order valence-electron chi connectivity index (χ1n) is 24.2. The summed E-state index contributed by atoms with van der Waals surface area (Å²) in [4.78, 5) is 2.46. The summed E-state index contributed by atoms with van der Waals surface area (Å²) < 4.78 is 9.10. The van der Waals surface area contributed by atoms with E-state index in [-0.39, 0.29) is 0 Å². The fourth-order valence-corrected chi connectivity index (χ4v) is 12.3. The first-order chi connectivity index (χ1) is 34.7. The van der Waals surface area contributed by atoms with E-state index in [1.54, 1.807) is 0 Å². The molecular weight excluding hydrogens is 849 g/mol. The zero-order chi connectivity index (χ0) is 45.9. The summed E-state index contributed by atoms with van der Waals surface area (Å²) in [5.41, 5.74) is 22.8. The minimum atomic E-state index is -0.534. The Morgan fingerprint density at radius 3 is 1.69 bits per heavy atom. The first kappa shape index (κ1) is 38.9. The Labute approximate surface area is 405 Å². The Kier molecular flexibility index (Phi) is 8.28. The summed E-state index contributed by atoms with van der Waals surface area (Å²) >= 11 is 0. The highest BCUT2D eigenvalue weighted by molar-refractivity contribution is 6.13. The van der Waals surface area contributed by atoms with Crippen LogP contribution in [0.25, 0.3) is 93.9 Å². The Balaban J connectivity index is 0.978. The monoisotopic (exact) mass is 890 g/mol. The molecule has 0 saturated carbocycles. The number of rotatable bonds is 6. The summed E-state index contributed by atoms with van der Waals surface area (Å²) in [6, 6.07) is 93.6. The van der Waals surface area contributed by atoms with Crippen LogP contribution in [-0.4, -0.2) is 4.57 Å². The number of furan rings is 1. The molecule has 1 aliphatic heterocycles. The van der Waals surface area contributed by atoms with Gasteiger partial charge in [-0.05, 0) is 98.1 Å². The van der Waals surface area contributed by atoms with Crippen LogP contribution < -0.4 is 4.90 Å². The van der Waals surface area contributed by atoms with Crippen molar-refractivity contribution in [2.75, 3.05) is 4.90 Å². The average molecular weight is 891 g/mol. The second-order valence-corrected chi connectivity index (χ2v) is 18.7. The van der Waals surface area contributed by atoms with E-state index in [0.29, 0.717) is 0 Å². The number of hydrogen-bond acceptors (Lipinski definition) is 2. The molecule has 3 nitrogen and oxygen atoms in total. The van der Waals surface area contributed by atoms with Crippen LogP contribution in [0.4, 0.5) is 17.1 Å². The van der Waals surface area contributed by atoms with Gasteiger partial charge in [0.15, 0.2) is 0 Å². The van der Waals surface area contributed by atoms with Crippen LogP contribution in [0, 0.1) is 0 Å². The van der Waals surface area contributed by atoms with Gasteiger partial charge in [-0.15, -0.1) is 0 Å². The minimum Gasteiger partial charge on any atom is -0.455 e. The predicted molar refractivity (Wildman–Crippen MR) is 290 cm³/mol. The van der Waals surface area contributed by atoms with Crippen LogP contribution in [0.3, 0.4) is 0 Å². The van der Waals surface area contributed by atoms with Gasteiger partial charge in [-0.25, -0.2) is 0 Å². The number of nitrogens with zero attached hydrogens (tertiary/aromatic N) is 2. The Bertz CT molecular complexity index is 4190. The van der Waals surface area contributed by atoms with E-state index in [1.165, 1.54) is 72.0 Å². The van der Waals surface area contributed by atoms with Crippen molar-refractivity contribution in [1.82, 2.24) is 4.57 Å². The van der Waals surface area contributed by atoms with Gasteiger partial charge in [0.05, 0.1) is 27.8 Å². The van der Waals surface area contributed by atoms with Crippen molar-refractivity contribution in [3.63, 3.8) is 0 Å². The number of hydrogen-bond donors (Lipinski definition) is 0. The number of benzene rings is 11. The molecule has 15 rings (SSSR count). The van der Waals surface area contributed by atoms with Crippen molar-refractivity contribution in [3.8, 4) is 50.2 Å². The van der Waals surface area contributed by atoms with E-state index in [2.05, 4.69) is 258 Å². The van der Waals surface area contributed by atoms with Gasteiger partial charge in [-0.3, -0.25) is 0 Å². The Hall–Kier alpha value is -9.18. The lowest BCUT2D eigenvalue weighted by molar-refractivity contribution is 0.670. The van der Waals surface area contributed by atoms with Crippen molar-refractivity contribution >= 4 is 60.8 Å². The Morgan fingerprint density at radius 1 is 0.343 bits per heavy atom. The molecule has 11 aromatic carbocycles. The Morgan fingerprint density at radius 2 is 0.886 bits per heavy atom. The van der Waals surface area contributed by atoms with Crippen molar-refractivity contribution < 1.29 is 4.42 Å². The van der Waals surface area contributed by atoms with Gasteiger partial charge in [0.1, 0.15) is 11.2 Å². The van der Waals surface area contributed by atoms with Gasteiger partial charge in [0, 0.05) is 44.0 Å². The van der Waals surface area contributed by atoms with E-state index >= 15 is 0 Å². The SMILES string of the molecule is c1ccc(-c2ccc(-c3ccccc3N(c3ccc(-c4cccc5c4oc4ccccc45)cc3)c3ccc4c(c3)-n3c5ccccc5c5cccc(c53)C43c4ccccc4-c4ccccc43)cc2)cc1. The van der Waals surface area contributed by atoms with Crippen molar-refractivity contribution in [3.05, 3.63) is 277 Å². The van der Waals surface area contributed by atoms with Gasteiger partial charge in [0.2, 0.25) is 0 Å². The molecule has 3 heterocycles. The summed E-state index contributed by atoms with van der Waals surface area (Å²) in [5.74, 6) is 0. The normalized spacial score (nSPS) is 13.0. The highest BCUT2D eigenvalue weighted by Crippen LogP contribution is 2.61. The van der Waals surface area contributed by atoms with E-state index in [0.717, 1.165) is 61.3 Å². The minimum absolute atomic E-state index is 0.534. The quantitative estimate of drug-likeness (QED) is 0.166. The lowest BCUT2D eigenvalue weighted by atomic mass is 9.65. The van der Waals surface area contributed by atoms with Gasteiger partial charge < -0.3 is 13.9 Å². The second-order valence-electron chi connectivity index (χ2n) is 18.7. The van der Waals surface area contributed by atoms with Crippen LogP contribution in [0.2, 0.25) is 0 Å². The first-order valence-corrected chi connectivity index (χ1v) is 24.2. The standard InChI is InChI=1S/C67H42N2O/c1-2-16-43(17-3-1)44-32-34-45(35-33-44)49-18-6-11-29-61(49)68(47-38-36-46(37-39-47)50-23-14-25-56-54-22-8-13-31-64(54)70-66(50)56)48-40-41-59-63(42-48)69-62-30-12-7-21-53(62)55-24-15-28-60(65(55)69)67(59)57-26-9-4-19-51(57)52-20-5-10-27-58(52)67/h1-42H. The van der Waals surface area contributed by atoms with E-state index in [9.17, 15) is 0 Å². The lowest BCUT2D eigenvalue weighted by Crippen LogP contribution is -2.33. The number of para-hydroxylation sites is 5. The molecule has 0 fully saturated rings. The third-order valence-corrected chi connectivity index (χ3v) is 15.2. The van der Waals surface area contributed by atoms with Gasteiger partial charge >= 0.3 is 0 Å². The number of aromatic nitrogens is 1. The molecule has 13 aromatic rings. The fraction of sp³-hybridized carbons (Fsp3) is 0.0149. The van der Waals surface area contributed by atoms with Crippen molar-refractivity contribution in [2.24, 2.45) is 0 Å². The molecule has 0 N–H and O–H groups in total. The smallest absolute Gasteiger partial charge is 0.143 e. The molecule has 0 unspecified atom stereocenters. The van der Waals surface area contributed by atoms with Gasteiger partial charge in [-0.1, -0.05) is 212 Å². The van der Waals surface area contributed by atoms with E-state index < -0.39 is 5.41 Å². The van der Waals surface area contributed by atoms with Crippen LogP contribution in [-0.2, 0) is 5.41 Å². The highest BCUT2D eigenvalue weighted by atomic mass is 16.3. The van der Waals surface area contributed by atoms with Crippen molar-refractivity contribution in [2.45, 2.75) is 5.41 Å². The summed E-state index contributed by atoms with van der Waals surface area (Å²) in [6.45, 7) is 0. The average Bonchev–Trinajstić information content (AvgIpc) is 4.09. The molecule has 326 valence electrons. The summed E-state index contributed by atoms with van der Waals surface area (Å²) in [6.07, 6.45) is 0. The molecule has 2 aromatic heterocycles. The molecule has 70 heavy (non-hydrogen) atoms. The zero-order valence-corrected chi connectivity index (χ0v) is 38.1. The molecule has 0 atom stereocenters. The molecule has 1 aliphatic carbocycles. The third-order valence-electron chi connectivity index (χ3n) is 15.2. The molecular formula is C67H42N2O. The van der Waals surface area contributed by atoms with Gasteiger partial charge in [0.25, 0.3) is 0 Å². The molecule has 0 bridgehead atoms. The number of anilines is 3. The predicted octanol–water partition coefficient (Wildman–Crippen LogP) is 17.8. The van der Waals surface area contributed by atoms with Gasteiger partial charge in [-0.2, -0.15) is 0 Å². The molecule has 0 saturated heterocycles. The third kappa shape index (κ3) is 5.40. The highest BCUT2D eigenvalue weighted by Gasteiger charge is 2.50. The topological polar surface area (TPSA) is 21.3 Å². The maximum atomic E-state index is 6.55. The van der Waals surface area contributed by atoms with Crippen LogP contribution in [0.5, 0.6) is 0 Å². The lowest BCUT2D eigenvalue weighted by Gasteiger charge is -2.40. The van der Waals surface area contributed by atoms with Crippen LogP contribution in [0.1, 0.15) is 22.3 Å². The second kappa shape index (κ2) is 14.9. The summed E-state index contributed by atoms with van der Waals surface area (Å²) in [7, 11) is 0. The molecule has 0 radical (unpaired) electrons. The fourth-order valence-electron chi connectivity index (χ4n) is 12.3. The summed E-state index contributed by atoms with van der Waals surface area (Å²) in [5, 5.41) is 4.77. The molecule has 3 heteroatoms. The molecule has 0 amide bonds. The van der Waals surface area contributed by atoms with E-state index in [1.807, 2.05) is 6.07 Å². The molecule has 1 spiro atoms. The largest absolute Gasteiger partial charge is 0.455 e. The zero-order valence-electron chi connectivity index (χ0n) is 38.1. The maximum Gasteiger partial charge on any atom is 0.143 e. The molecule has 2 aliphatic rings. The van der Waals surface area contributed by atoms with E-state index in [4.69, 9.17) is 4.42 Å². The maximum absolute atomic E-state index is 6.55. The van der Waals surface area contributed by atoms with Crippen molar-refractivity contribution in [1.29, 1.82) is 0 Å².